The van der Waals surface area contributed by atoms with Crippen molar-refractivity contribution in [2.45, 2.75) is 19.8 Å². The van der Waals surface area contributed by atoms with Crippen LogP contribution < -0.4 is 11.1 Å². The average Bonchev–Trinajstić information content (AvgIpc) is 2.45. The van der Waals surface area contributed by atoms with E-state index in [1.807, 2.05) is 0 Å². The molecule has 0 spiro atoms. The van der Waals surface area contributed by atoms with E-state index >= 15 is 0 Å². The molecule has 3 N–H and O–H groups in total. The number of anilines is 1. The smallest absolute Gasteiger partial charge is 0.273 e. The van der Waals surface area contributed by atoms with Crippen molar-refractivity contribution in [1.82, 2.24) is 15.1 Å². The number of carbonyl (C=O) groups is 1. The number of hydrogen-bond donors (Lipinski definition) is 2. The Balaban J connectivity index is 2.56. The van der Waals surface area contributed by atoms with Crippen molar-refractivity contribution in [2.24, 2.45) is 7.05 Å². The minimum Gasteiger partial charge on any atom is -0.396 e. The summed E-state index contributed by atoms with van der Waals surface area (Å²) in [6, 6.07) is 0. The van der Waals surface area contributed by atoms with Gasteiger partial charge in [0.1, 0.15) is 0 Å². The van der Waals surface area contributed by atoms with E-state index in [-0.39, 0.29) is 5.91 Å². The molecular formula is C9H16N4O. The molecule has 0 unspecified atom stereocenters. The van der Waals surface area contributed by atoms with Crippen molar-refractivity contribution in [3.8, 4) is 0 Å². The van der Waals surface area contributed by atoms with E-state index in [0.29, 0.717) is 17.9 Å². The summed E-state index contributed by atoms with van der Waals surface area (Å²) in [5, 5.41) is 6.73. The summed E-state index contributed by atoms with van der Waals surface area (Å²) < 4.78 is 1.53. The molecule has 0 atom stereocenters. The van der Waals surface area contributed by atoms with Crippen LogP contribution in [0, 0.1) is 0 Å². The van der Waals surface area contributed by atoms with Gasteiger partial charge in [-0.3, -0.25) is 9.48 Å². The lowest BCUT2D eigenvalue weighted by Gasteiger charge is -2.01. The number of nitrogens with two attached hydrogens (primary N) is 1. The van der Waals surface area contributed by atoms with Gasteiger partial charge in [-0.1, -0.05) is 13.3 Å². The monoisotopic (exact) mass is 196 g/mol. The van der Waals surface area contributed by atoms with Gasteiger partial charge in [-0.15, -0.1) is 0 Å². The van der Waals surface area contributed by atoms with E-state index in [4.69, 9.17) is 5.73 Å². The quantitative estimate of drug-likeness (QED) is 0.690. The SMILES string of the molecule is CCCCNC(=O)c1nn(C)cc1N. The molecule has 5 nitrogen and oxygen atoms in total. The Hall–Kier alpha value is -1.52. The first-order valence-corrected chi connectivity index (χ1v) is 4.72. The van der Waals surface area contributed by atoms with Gasteiger partial charge in [0.25, 0.3) is 5.91 Å². The van der Waals surface area contributed by atoms with Gasteiger partial charge < -0.3 is 11.1 Å². The summed E-state index contributed by atoms with van der Waals surface area (Å²) in [7, 11) is 1.74. The molecule has 0 aliphatic heterocycles. The largest absolute Gasteiger partial charge is 0.396 e. The Morgan fingerprint density at radius 2 is 2.43 bits per heavy atom. The number of aryl methyl sites for hydroxylation is 1. The first kappa shape index (κ1) is 10.6. The number of aromatic nitrogens is 2. The highest BCUT2D eigenvalue weighted by molar-refractivity contribution is 5.96. The molecule has 14 heavy (non-hydrogen) atoms. The predicted molar refractivity (Wildman–Crippen MR) is 54.9 cm³/mol. The van der Waals surface area contributed by atoms with Gasteiger partial charge in [0.2, 0.25) is 0 Å². The molecule has 0 aliphatic rings. The van der Waals surface area contributed by atoms with Gasteiger partial charge in [-0.05, 0) is 6.42 Å². The minimum absolute atomic E-state index is 0.198. The summed E-state index contributed by atoms with van der Waals surface area (Å²) in [5.41, 5.74) is 6.33. The third-order valence-electron chi connectivity index (χ3n) is 1.89. The number of nitrogen functional groups attached to an aromatic ring is 1. The second-order valence-electron chi connectivity index (χ2n) is 3.22. The molecule has 5 heteroatoms. The zero-order valence-electron chi connectivity index (χ0n) is 8.58. The van der Waals surface area contributed by atoms with E-state index in [0.717, 1.165) is 12.8 Å². The van der Waals surface area contributed by atoms with Crippen LogP contribution in [-0.2, 0) is 7.05 Å². The van der Waals surface area contributed by atoms with Gasteiger partial charge in [-0.25, -0.2) is 0 Å². The summed E-state index contributed by atoms with van der Waals surface area (Å²) in [6.45, 7) is 2.74. The first-order chi connectivity index (χ1) is 6.65. The van der Waals surface area contributed by atoms with Crippen molar-refractivity contribution in [2.75, 3.05) is 12.3 Å². The molecule has 0 aliphatic carbocycles. The molecule has 0 saturated carbocycles. The molecule has 1 rings (SSSR count). The fourth-order valence-corrected chi connectivity index (χ4v) is 1.15. The second-order valence-corrected chi connectivity index (χ2v) is 3.22. The van der Waals surface area contributed by atoms with Gasteiger partial charge in [-0.2, -0.15) is 5.10 Å². The maximum Gasteiger partial charge on any atom is 0.273 e. The Kier molecular flexibility index (Phi) is 3.50. The molecule has 78 valence electrons. The van der Waals surface area contributed by atoms with Crippen LogP contribution in [0.15, 0.2) is 6.20 Å². The molecule has 0 aromatic carbocycles. The van der Waals surface area contributed by atoms with Crippen molar-refractivity contribution in [1.29, 1.82) is 0 Å². The third-order valence-corrected chi connectivity index (χ3v) is 1.89. The lowest BCUT2D eigenvalue weighted by Crippen LogP contribution is -2.25. The van der Waals surface area contributed by atoms with E-state index in [1.54, 1.807) is 13.2 Å². The summed E-state index contributed by atoms with van der Waals surface area (Å²) >= 11 is 0. The second kappa shape index (κ2) is 4.64. The van der Waals surface area contributed by atoms with Crippen LogP contribution in [0.5, 0.6) is 0 Å². The number of carbonyl (C=O) groups excluding carboxylic acids is 1. The molecule has 0 bridgehead atoms. The first-order valence-electron chi connectivity index (χ1n) is 4.72. The Bertz CT molecular complexity index is 319. The third kappa shape index (κ3) is 2.48. The van der Waals surface area contributed by atoms with Crippen LogP contribution in [0.2, 0.25) is 0 Å². The normalized spacial score (nSPS) is 10.1. The van der Waals surface area contributed by atoms with E-state index in [1.165, 1.54) is 4.68 Å². The Labute approximate surface area is 83.3 Å². The van der Waals surface area contributed by atoms with Gasteiger partial charge in [0.15, 0.2) is 5.69 Å². The van der Waals surface area contributed by atoms with Crippen molar-refractivity contribution in [3.63, 3.8) is 0 Å². The zero-order valence-corrected chi connectivity index (χ0v) is 8.58. The fourth-order valence-electron chi connectivity index (χ4n) is 1.15. The summed E-state index contributed by atoms with van der Waals surface area (Å²) in [6.07, 6.45) is 3.64. The standard InChI is InChI=1S/C9H16N4O/c1-3-4-5-11-9(14)8-7(10)6-13(2)12-8/h6H,3-5,10H2,1-2H3,(H,11,14). The number of hydrogen-bond acceptors (Lipinski definition) is 3. The van der Waals surface area contributed by atoms with Crippen molar-refractivity contribution >= 4 is 11.6 Å². The lowest BCUT2D eigenvalue weighted by atomic mass is 10.3. The van der Waals surface area contributed by atoms with E-state index in [9.17, 15) is 4.79 Å². The fraction of sp³-hybridized carbons (Fsp3) is 0.556. The molecule has 1 amide bonds. The topological polar surface area (TPSA) is 72.9 Å². The van der Waals surface area contributed by atoms with Crippen LogP contribution in [0.4, 0.5) is 5.69 Å². The summed E-state index contributed by atoms with van der Waals surface area (Å²) in [4.78, 5) is 11.5. The molecule has 1 aromatic heterocycles. The van der Waals surface area contributed by atoms with E-state index in [2.05, 4.69) is 17.3 Å². The summed E-state index contributed by atoms with van der Waals surface area (Å²) in [5.74, 6) is -0.198. The van der Waals surface area contributed by atoms with E-state index < -0.39 is 0 Å². The van der Waals surface area contributed by atoms with Crippen LogP contribution in [0.3, 0.4) is 0 Å². The van der Waals surface area contributed by atoms with Crippen LogP contribution in [-0.4, -0.2) is 22.2 Å². The van der Waals surface area contributed by atoms with Crippen molar-refractivity contribution < 1.29 is 4.79 Å². The minimum atomic E-state index is -0.198. The number of nitrogens with one attached hydrogen (secondary N) is 1. The highest BCUT2D eigenvalue weighted by Crippen LogP contribution is 2.07. The average molecular weight is 196 g/mol. The molecule has 1 aromatic rings. The maximum atomic E-state index is 11.5. The molecule has 0 radical (unpaired) electrons. The highest BCUT2D eigenvalue weighted by atomic mass is 16.1. The predicted octanol–water partition coefficient (Wildman–Crippen LogP) is 0.532. The Morgan fingerprint density at radius 3 is 2.93 bits per heavy atom. The van der Waals surface area contributed by atoms with Gasteiger partial charge in [0, 0.05) is 19.8 Å². The number of unbranched alkanes of at least 4 members (excludes halogenated alkanes) is 1. The van der Waals surface area contributed by atoms with Crippen molar-refractivity contribution in [3.05, 3.63) is 11.9 Å². The number of nitrogens with zero attached hydrogens (tertiary/aromatic N) is 2. The van der Waals surface area contributed by atoms with Gasteiger partial charge in [0.05, 0.1) is 5.69 Å². The van der Waals surface area contributed by atoms with Crippen LogP contribution >= 0.6 is 0 Å². The van der Waals surface area contributed by atoms with Crippen LogP contribution in [0.1, 0.15) is 30.3 Å². The molecule has 0 saturated heterocycles. The molecule has 0 fully saturated rings. The zero-order chi connectivity index (χ0) is 10.6. The molecular weight excluding hydrogens is 180 g/mol. The van der Waals surface area contributed by atoms with Crippen LogP contribution in [0.25, 0.3) is 0 Å². The van der Waals surface area contributed by atoms with Gasteiger partial charge >= 0.3 is 0 Å². The number of amides is 1. The Morgan fingerprint density at radius 1 is 1.71 bits per heavy atom. The maximum absolute atomic E-state index is 11.5. The highest BCUT2D eigenvalue weighted by Gasteiger charge is 2.12. The molecule has 1 heterocycles. The lowest BCUT2D eigenvalue weighted by molar-refractivity contribution is 0.0948. The number of rotatable bonds is 4.